The molecule has 0 amide bonds. The highest BCUT2D eigenvalue weighted by Gasteiger charge is 2.27. The Bertz CT molecular complexity index is 133. The van der Waals surface area contributed by atoms with Crippen LogP contribution in [-0.2, 0) is 0 Å². The van der Waals surface area contributed by atoms with Crippen LogP contribution in [0, 0.1) is 0 Å². The first-order chi connectivity index (χ1) is 6.21. The van der Waals surface area contributed by atoms with E-state index in [0.29, 0.717) is 0 Å². The minimum atomic E-state index is -4.33. The second-order valence-electron chi connectivity index (χ2n) is 2.58. The van der Waals surface area contributed by atoms with Crippen molar-refractivity contribution in [1.82, 2.24) is 10.6 Å². The maximum absolute atomic E-state index is 11.5. The normalized spacial score (nSPS) is 13.3. The van der Waals surface area contributed by atoms with Crippen molar-refractivity contribution in [3.8, 4) is 0 Å². The highest BCUT2D eigenvalue weighted by Crippen LogP contribution is 2.12. The number of hydrogen-bond acceptors (Lipinski definition) is 2. The lowest BCUT2D eigenvalue weighted by molar-refractivity contribution is -0.127. The third-order valence-corrected chi connectivity index (χ3v) is 1.13. The average Bonchev–Trinajstić information content (AvgIpc) is 1.92. The molecule has 0 bridgehead atoms. The van der Waals surface area contributed by atoms with Gasteiger partial charge in [0.2, 0.25) is 0 Å². The molecular weight excluding hydrogens is 214 g/mol. The molecule has 0 spiro atoms. The summed E-state index contributed by atoms with van der Waals surface area (Å²) in [6.07, 6.45) is -8.66. The fourth-order valence-electron chi connectivity index (χ4n) is 0.637. The van der Waals surface area contributed by atoms with Gasteiger partial charge in [0, 0.05) is 13.1 Å². The van der Waals surface area contributed by atoms with Gasteiger partial charge < -0.3 is 10.6 Å². The average molecular weight is 224 g/mol. The SMILES string of the molecule is FC(F)(F)CNCCNCC(F)(F)F. The molecule has 8 heteroatoms. The zero-order valence-corrected chi connectivity index (χ0v) is 7.10. The van der Waals surface area contributed by atoms with Crippen LogP contribution >= 0.6 is 0 Å². The fraction of sp³-hybridized carbons (Fsp3) is 1.00. The van der Waals surface area contributed by atoms with Crippen LogP contribution in [0.4, 0.5) is 26.3 Å². The van der Waals surface area contributed by atoms with Gasteiger partial charge in [-0.05, 0) is 0 Å². The van der Waals surface area contributed by atoms with E-state index in [1.807, 2.05) is 10.6 Å². The summed E-state index contributed by atoms with van der Waals surface area (Å²) in [5.74, 6) is 0. The maximum Gasteiger partial charge on any atom is 0.401 e. The molecule has 0 saturated heterocycles. The van der Waals surface area contributed by atoms with Crippen LogP contribution in [0.2, 0.25) is 0 Å². The van der Waals surface area contributed by atoms with Gasteiger partial charge in [-0.15, -0.1) is 0 Å². The van der Waals surface area contributed by atoms with E-state index in [0.717, 1.165) is 0 Å². The molecule has 0 unspecified atom stereocenters. The zero-order chi connectivity index (χ0) is 11.2. The quantitative estimate of drug-likeness (QED) is 0.543. The highest BCUT2D eigenvalue weighted by molar-refractivity contribution is 4.59. The van der Waals surface area contributed by atoms with E-state index >= 15 is 0 Å². The molecule has 86 valence electrons. The third kappa shape index (κ3) is 11.5. The first kappa shape index (κ1) is 13.5. The van der Waals surface area contributed by atoms with Crippen molar-refractivity contribution < 1.29 is 26.3 Å². The summed E-state index contributed by atoms with van der Waals surface area (Å²) in [6.45, 7) is -2.70. The first-order valence-corrected chi connectivity index (χ1v) is 3.76. The van der Waals surface area contributed by atoms with Gasteiger partial charge in [0.25, 0.3) is 0 Å². The largest absolute Gasteiger partial charge is 0.401 e. The molecule has 0 aromatic rings. The predicted octanol–water partition coefficient (Wildman–Crippen LogP) is 1.29. The lowest BCUT2D eigenvalue weighted by Crippen LogP contribution is -2.37. The minimum absolute atomic E-state index is 0.157. The van der Waals surface area contributed by atoms with Crippen LogP contribution in [0.3, 0.4) is 0 Å². The summed E-state index contributed by atoms with van der Waals surface area (Å²) in [7, 11) is 0. The molecule has 0 aliphatic rings. The van der Waals surface area contributed by atoms with Crippen molar-refractivity contribution in [2.45, 2.75) is 12.4 Å². The van der Waals surface area contributed by atoms with Crippen LogP contribution in [-0.4, -0.2) is 38.5 Å². The molecule has 0 aromatic heterocycles. The third-order valence-electron chi connectivity index (χ3n) is 1.13. The molecule has 2 nitrogen and oxygen atoms in total. The number of halogens is 6. The standard InChI is InChI=1S/C6H10F6N2/c7-5(8,9)3-13-1-2-14-4-6(10,11)12/h13-14H,1-4H2. The van der Waals surface area contributed by atoms with Gasteiger partial charge in [-0.3, -0.25) is 0 Å². The topological polar surface area (TPSA) is 24.1 Å². The van der Waals surface area contributed by atoms with Gasteiger partial charge in [-0.1, -0.05) is 0 Å². The molecular formula is C6H10F6N2. The van der Waals surface area contributed by atoms with Crippen LogP contribution in [0.15, 0.2) is 0 Å². The van der Waals surface area contributed by atoms with E-state index in [4.69, 9.17) is 0 Å². The van der Waals surface area contributed by atoms with Gasteiger partial charge >= 0.3 is 12.4 Å². The molecule has 0 aliphatic heterocycles. The van der Waals surface area contributed by atoms with E-state index in [2.05, 4.69) is 0 Å². The van der Waals surface area contributed by atoms with Crippen molar-refractivity contribution in [1.29, 1.82) is 0 Å². The molecule has 0 aliphatic carbocycles. The van der Waals surface area contributed by atoms with Gasteiger partial charge in [0.1, 0.15) is 0 Å². The Morgan fingerprint density at radius 2 is 0.929 bits per heavy atom. The second-order valence-corrected chi connectivity index (χ2v) is 2.58. The van der Waals surface area contributed by atoms with Crippen molar-refractivity contribution in [3.05, 3.63) is 0 Å². The van der Waals surface area contributed by atoms with E-state index in [9.17, 15) is 26.3 Å². The second kappa shape index (κ2) is 5.40. The summed E-state index contributed by atoms with van der Waals surface area (Å²) in [5.41, 5.74) is 0. The Kier molecular flexibility index (Phi) is 5.21. The molecule has 14 heavy (non-hydrogen) atoms. The monoisotopic (exact) mass is 224 g/mol. The molecule has 2 N–H and O–H groups in total. The number of hydrogen-bond donors (Lipinski definition) is 2. The highest BCUT2D eigenvalue weighted by atomic mass is 19.4. The fourth-order valence-corrected chi connectivity index (χ4v) is 0.637. The van der Waals surface area contributed by atoms with Crippen LogP contribution in [0.5, 0.6) is 0 Å². The van der Waals surface area contributed by atoms with Crippen LogP contribution in [0.25, 0.3) is 0 Å². The molecule has 0 fully saturated rings. The van der Waals surface area contributed by atoms with E-state index in [1.54, 1.807) is 0 Å². The summed E-state index contributed by atoms with van der Waals surface area (Å²) >= 11 is 0. The van der Waals surface area contributed by atoms with Gasteiger partial charge in [0.15, 0.2) is 0 Å². The van der Waals surface area contributed by atoms with E-state index in [-0.39, 0.29) is 13.1 Å². The number of alkyl halides is 6. The Balaban J connectivity index is 3.23. The van der Waals surface area contributed by atoms with Crippen LogP contribution in [0.1, 0.15) is 0 Å². The molecule has 0 radical (unpaired) electrons. The molecule has 0 atom stereocenters. The van der Waals surface area contributed by atoms with Crippen molar-refractivity contribution >= 4 is 0 Å². The van der Waals surface area contributed by atoms with Crippen molar-refractivity contribution in [3.63, 3.8) is 0 Å². The summed E-state index contributed by atoms with van der Waals surface area (Å²) in [5, 5.41) is 3.91. The smallest absolute Gasteiger partial charge is 0.307 e. The van der Waals surface area contributed by atoms with Gasteiger partial charge in [-0.2, -0.15) is 26.3 Å². The minimum Gasteiger partial charge on any atom is -0.307 e. The van der Waals surface area contributed by atoms with E-state index < -0.39 is 25.4 Å². The Morgan fingerprint density at radius 3 is 1.14 bits per heavy atom. The number of nitrogens with one attached hydrogen (secondary N) is 2. The Hall–Kier alpha value is -0.500. The summed E-state index contributed by atoms with van der Waals surface area (Å²) in [4.78, 5) is 0. The van der Waals surface area contributed by atoms with E-state index in [1.165, 1.54) is 0 Å². The number of rotatable bonds is 5. The lowest BCUT2D eigenvalue weighted by atomic mass is 10.5. The predicted molar refractivity (Wildman–Crippen MR) is 37.8 cm³/mol. The zero-order valence-electron chi connectivity index (χ0n) is 7.10. The van der Waals surface area contributed by atoms with Gasteiger partial charge in [0.05, 0.1) is 13.1 Å². The molecule has 0 heterocycles. The van der Waals surface area contributed by atoms with Crippen molar-refractivity contribution in [2.75, 3.05) is 26.2 Å². The Morgan fingerprint density at radius 1 is 0.643 bits per heavy atom. The lowest BCUT2D eigenvalue weighted by Gasteiger charge is -2.10. The summed E-state index contributed by atoms with van der Waals surface area (Å²) < 4.78 is 68.9. The molecule has 0 saturated carbocycles. The summed E-state index contributed by atoms with van der Waals surface area (Å²) in [6, 6.07) is 0. The molecule has 0 aromatic carbocycles. The van der Waals surface area contributed by atoms with Crippen LogP contribution < -0.4 is 10.6 Å². The molecule has 0 rings (SSSR count). The van der Waals surface area contributed by atoms with Crippen molar-refractivity contribution in [2.24, 2.45) is 0 Å². The Labute approximate surface area is 76.7 Å². The first-order valence-electron chi connectivity index (χ1n) is 3.76. The maximum atomic E-state index is 11.5. The van der Waals surface area contributed by atoms with Gasteiger partial charge in [-0.25, -0.2) is 0 Å².